The third-order valence-electron chi connectivity index (χ3n) is 2.87. The van der Waals surface area contributed by atoms with Crippen LogP contribution in [0.25, 0.3) is 0 Å². The fourth-order valence-corrected chi connectivity index (χ4v) is 1.80. The highest BCUT2D eigenvalue weighted by Gasteiger charge is 2.10. The molecule has 0 aliphatic carbocycles. The fraction of sp³-hybridized carbons (Fsp3) is 0.133. The molecular formula is C15H11F3N2O. The summed E-state index contributed by atoms with van der Waals surface area (Å²) in [6, 6.07) is 8.64. The highest BCUT2D eigenvalue weighted by molar-refractivity contribution is 5.48. The van der Waals surface area contributed by atoms with Crippen molar-refractivity contribution in [1.29, 1.82) is 5.26 Å². The molecule has 0 spiro atoms. The lowest BCUT2D eigenvalue weighted by molar-refractivity contribution is 0.413. The van der Waals surface area contributed by atoms with Gasteiger partial charge in [0.15, 0.2) is 17.5 Å². The first-order valence-corrected chi connectivity index (χ1v) is 6.00. The van der Waals surface area contributed by atoms with E-state index in [-0.39, 0.29) is 12.2 Å². The Morgan fingerprint density at radius 2 is 1.81 bits per heavy atom. The molecule has 1 N–H and O–H groups in total. The summed E-state index contributed by atoms with van der Waals surface area (Å²) in [6.07, 6.45) is 0. The Kier molecular flexibility index (Phi) is 4.33. The molecule has 0 bridgehead atoms. The number of nitriles is 1. The zero-order valence-corrected chi connectivity index (χ0v) is 11.1. The average molecular weight is 292 g/mol. The summed E-state index contributed by atoms with van der Waals surface area (Å²) in [5.74, 6) is -3.60. The number of ether oxygens (including phenoxy) is 1. The average Bonchev–Trinajstić information content (AvgIpc) is 2.50. The van der Waals surface area contributed by atoms with Gasteiger partial charge >= 0.3 is 0 Å². The van der Waals surface area contributed by atoms with Gasteiger partial charge in [0.05, 0.1) is 12.7 Å². The van der Waals surface area contributed by atoms with Crippen LogP contribution in [0, 0.1) is 28.8 Å². The highest BCUT2D eigenvalue weighted by Crippen LogP contribution is 2.21. The molecule has 2 aromatic carbocycles. The minimum atomic E-state index is -1.50. The van der Waals surface area contributed by atoms with Crippen molar-refractivity contribution >= 4 is 5.69 Å². The third-order valence-corrected chi connectivity index (χ3v) is 2.87. The topological polar surface area (TPSA) is 45.0 Å². The van der Waals surface area contributed by atoms with Crippen LogP contribution in [0.5, 0.6) is 5.75 Å². The predicted molar refractivity (Wildman–Crippen MR) is 71.4 cm³/mol. The summed E-state index contributed by atoms with van der Waals surface area (Å²) >= 11 is 0. The van der Waals surface area contributed by atoms with E-state index < -0.39 is 17.5 Å². The number of nitrogens with zero attached hydrogens (tertiary/aromatic N) is 1. The van der Waals surface area contributed by atoms with Gasteiger partial charge in [-0.1, -0.05) is 6.07 Å². The number of hydrogen-bond donors (Lipinski definition) is 1. The lowest BCUT2D eigenvalue weighted by atomic mass is 10.1. The van der Waals surface area contributed by atoms with Crippen molar-refractivity contribution < 1.29 is 17.9 Å². The third kappa shape index (κ3) is 3.26. The van der Waals surface area contributed by atoms with Gasteiger partial charge in [0.25, 0.3) is 0 Å². The predicted octanol–water partition coefficient (Wildman–Crippen LogP) is 3.60. The van der Waals surface area contributed by atoms with Gasteiger partial charge < -0.3 is 10.1 Å². The first kappa shape index (κ1) is 14.7. The molecule has 2 rings (SSSR count). The highest BCUT2D eigenvalue weighted by atomic mass is 19.2. The summed E-state index contributed by atoms with van der Waals surface area (Å²) in [7, 11) is 1.44. The standard InChI is InChI=1S/C15H11F3N2O/c1-21-14-4-9(2-3-10(14)7-19)8-20-11-5-12(16)15(18)13(17)6-11/h2-6,20H,8H2,1H3. The Morgan fingerprint density at radius 3 is 2.38 bits per heavy atom. The van der Waals surface area contributed by atoms with Gasteiger partial charge in [-0.3, -0.25) is 0 Å². The molecule has 0 heterocycles. The molecule has 0 aliphatic rings. The number of nitrogens with one attached hydrogen (secondary N) is 1. The number of rotatable bonds is 4. The van der Waals surface area contributed by atoms with E-state index in [9.17, 15) is 13.2 Å². The molecule has 0 saturated heterocycles. The van der Waals surface area contributed by atoms with Gasteiger partial charge in [0.1, 0.15) is 11.8 Å². The van der Waals surface area contributed by atoms with Crippen LogP contribution in [0.4, 0.5) is 18.9 Å². The molecule has 21 heavy (non-hydrogen) atoms. The molecule has 0 aromatic heterocycles. The number of hydrogen-bond acceptors (Lipinski definition) is 3. The minimum Gasteiger partial charge on any atom is -0.495 e. The van der Waals surface area contributed by atoms with E-state index >= 15 is 0 Å². The van der Waals surface area contributed by atoms with E-state index in [1.165, 1.54) is 7.11 Å². The van der Waals surface area contributed by atoms with Crippen LogP contribution in [-0.2, 0) is 6.54 Å². The Labute approximate surface area is 119 Å². The van der Waals surface area contributed by atoms with Crippen molar-refractivity contribution in [2.75, 3.05) is 12.4 Å². The lowest BCUT2D eigenvalue weighted by Crippen LogP contribution is -2.02. The largest absolute Gasteiger partial charge is 0.495 e. The number of methoxy groups -OCH3 is 1. The van der Waals surface area contributed by atoms with Crippen LogP contribution in [0.1, 0.15) is 11.1 Å². The van der Waals surface area contributed by atoms with Crippen molar-refractivity contribution in [3.05, 3.63) is 58.9 Å². The zero-order valence-electron chi connectivity index (χ0n) is 11.1. The van der Waals surface area contributed by atoms with Gasteiger partial charge in [-0.15, -0.1) is 0 Å². The molecule has 2 aromatic rings. The molecule has 0 fully saturated rings. The van der Waals surface area contributed by atoms with Gasteiger partial charge in [0.2, 0.25) is 0 Å². The Morgan fingerprint density at radius 1 is 1.14 bits per heavy atom. The first-order chi connectivity index (χ1) is 10.0. The van der Waals surface area contributed by atoms with Crippen LogP contribution in [-0.4, -0.2) is 7.11 Å². The molecule has 0 atom stereocenters. The zero-order chi connectivity index (χ0) is 15.4. The van der Waals surface area contributed by atoms with Crippen LogP contribution in [0.15, 0.2) is 30.3 Å². The molecule has 0 radical (unpaired) electrons. The molecule has 0 aliphatic heterocycles. The molecular weight excluding hydrogens is 281 g/mol. The van der Waals surface area contributed by atoms with Crippen molar-refractivity contribution in [2.45, 2.75) is 6.54 Å². The maximum atomic E-state index is 13.1. The smallest absolute Gasteiger partial charge is 0.194 e. The van der Waals surface area contributed by atoms with E-state index in [0.717, 1.165) is 17.7 Å². The Hall–Kier alpha value is -2.68. The van der Waals surface area contributed by atoms with Gasteiger partial charge in [0, 0.05) is 24.4 Å². The van der Waals surface area contributed by atoms with Crippen molar-refractivity contribution in [2.24, 2.45) is 0 Å². The Balaban J connectivity index is 2.15. The number of benzene rings is 2. The SMILES string of the molecule is COc1cc(CNc2cc(F)c(F)c(F)c2)ccc1C#N. The van der Waals surface area contributed by atoms with Gasteiger partial charge in [-0.2, -0.15) is 5.26 Å². The van der Waals surface area contributed by atoms with E-state index in [0.29, 0.717) is 11.3 Å². The maximum absolute atomic E-state index is 13.1. The van der Waals surface area contributed by atoms with E-state index in [1.54, 1.807) is 18.2 Å². The molecule has 3 nitrogen and oxygen atoms in total. The van der Waals surface area contributed by atoms with Crippen LogP contribution in [0.2, 0.25) is 0 Å². The number of anilines is 1. The molecule has 0 unspecified atom stereocenters. The number of halogens is 3. The van der Waals surface area contributed by atoms with E-state index in [1.807, 2.05) is 6.07 Å². The van der Waals surface area contributed by atoms with E-state index in [4.69, 9.17) is 10.00 Å². The summed E-state index contributed by atoms with van der Waals surface area (Å²) < 4.78 is 44.0. The summed E-state index contributed by atoms with van der Waals surface area (Å²) in [5, 5.41) is 11.6. The minimum absolute atomic E-state index is 0.120. The molecule has 0 saturated carbocycles. The van der Waals surface area contributed by atoms with Crippen LogP contribution in [0.3, 0.4) is 0 Å². The van der Waals surface area contributed by atoms with Crippen molar-refractivity contribution in [3.63, 3.8) is 0 Å². The molecule has 6 heteroatoms. The van der Waals surface area contributed by atoms with Crippen LogP contribution < -0.4 is 10.1 Å². The first-order valence-electron chi connectivity index (χ1n) is 6.00. The second-order valence-electron chi connectivity index (χ2n) is 4.25. The molecule has 108 valence electrons. The summed E-state index contributed by atoms with van der Waals surface area (Å²) in [4.78, 5) is 0. The summed E-state index contributed by atoms with van der Waals surface area (Å²) in [5.41, 5.74) is 1.26. The Bertz CT molecular complexity index is 688. The molecule has 0 amide bonds. The quantitative estimate of drug-likeness (QED) is 0.876. The van der Waals surface area contributed by atoms with Gasteiger partial charge in [-0.25, -0.2) is 13.2 Å². The normalized spacial score (nSPS) is 10.0. The fourth-order valence-electron chi connectivity index (χ4n) is 1.80. The summed E-state index contributed by atoms with van der Waals surface area (Å²) in [6.45, 7) is 0.243. The van der Waals surface area contributed by atoms with Gasteiger partial charge in [-0.05, 0) is 17.7 Å². The van der Waals surface area contributed by atoms with Crippen LogP contribution >= 0.6 is 0 Å². The lowest BCUT2D eigenvalue weighted by Gasteiger charge is -2.09. The van der Waals surface area contributed by atoms with E-state index in [2.05, 4.69) is 5.32 Å². The second kappa shape index (κ2) is 6.18. The monoisotopic (exact) mass is 292 g/mol. The van der Waals surface area contributed by atoms with Crippen molar-refractivity contribution in [1.82, 2.24) is 0 Å². The second-order valence-corrected chi connectivity index (χ2v) is 4.25. The van der Waals surface area contributed by atoms with Crippen molar-refractivity contribution in [3.8, 4) is 11.8 Å². The maximum Gasteiger partial charge on any atom is 0.194 e.